The third-order valence-electron chi connectivity index (χ3n) is 11.8. The van der Waals surface area contributed by atoms with Crippen LogP contribution in [0.4, 0.5) is 0 Å². The van der Waals surface area contributed by atoms with Crippen LogP contribution in [0.2, 0.25) is 0 Å². The standard InChI is InChI=1S/C54H37N/c1-34-30-40(53-46-20-10-8-18-44(46)52(36-14-4-3-5-15-36)45-19-9-11-21-47(45)53)24-27-42(34)43-28-26-41(31-35(43)2)55-50-23-13-12-22-48(50)54-49-33-38-17-7-6-16-37(38)32-39(49)25-29-51(54)55/h3-33H,1-2H3. The second kappa shape index (κ2) is 12.3. The number of hydrogen-bond donors (Lipinski definition) is 0. The summed E-state index contributed by atoms with van der Waals surface area (Å²) in [6.45, 7) is 4.52. The maximum atomic E-state index is 2.45. The van der Waals surface area contributed by atoms with Crippen molar-refractivity contribution < 1.29 is 0 Å². The van der Waals surface area contributed by atoms with Crippen LogP contribution in [0.5, 0.6) is 0 Å². The van der Waals surface area contributed by atoms with Gasteiger partial charge in [-0.2, -0.15) is 0 Å². The van der Waals surface area contributed by atoms with E-state index in [0.29, 0.717) is 0 Å². The molecule has 0 spiro atoms. The summed E-state index contributed by atoms with van der Waals surface area (Å²) in [4.78, 5) is 0. The zero-order valence-electron chi connectivity index (χ0n) is 30.8. The number of rotatable bonds is 4. The summed E-state index contributed by atoms with van der Waals surface area (Å²) >= 11 is 0. The molecule has 1 heteroatoms. The molecule has 0 N–H and O–H groups in total. The molecule has 55 heavy (non-hydrogen) atoms. The van der Waals surface area contributed by atoms with Gasteiger partial charge in [0.1, 0.15) is 0 Å². The minimum absolute atomic E-state index is 1.18. The van der Waals surface area contributed by atoms with Gasteiger partial charge in [0.2, 0.25) is 0 Å². The summed E-state index contributed by atoms with van der Waals surface area (Å²) in [5.41, 5.74) is 13.8. The summed E-state index contributed by atoms with van der Waals surface area (Å²) in [6, 6.07) is 69.5. The fraction of sp³-hybridized carbons (Fsp3) is 0.0370. The number of benzene rings is 10. The summed E-state index contributed by atoms with van der Waals surface area (Å²) in [7, 11) is 0. The predicted molar refractivity (Wildman–Crippen MR) is 237 cm³/mol. The van der Waals surface area contributed by atoms with Crippen molar-refractivity contribution in [2.75, 3.05) is 0 Å². The summed E-state index contributed by atoms with van der Waals surface area (Å²) in [5.74, 6) is 0. The summed E-state index contributed by atoms with van der Waals surface area (Å²) < 4.78 is 2.45. The second-order valence-electron chi connectivity index (χ2n) is 15.0. The topological polar surface area (TPSA) is 4.93 Å². The van der Waals surface area contributed by atoms with Crippen molar-refractivity contribution in [1.82, 2.24) is 4.57 Å². The second-order valence-corrected chi connectivity index (χ2v) is 15.0. The van der Waals surface area contributed by atoms with Gasteiger partial charge in [0, 0.05) is 16.5 Å². The van der Waals surface area contributed by atoms with E-state index in [9.17, 15) is 0 Å². The van der Waals surface area contributed by atoms with E-state index in [4.69, 9.17) is 0 Å². The first-order valence-corrected chi connectivity index (χ1v) is 19.2. The van der Waals surface area contributed by atoms with E-state index in [-0.39, 0.29) is 0 Å². The predicted octanol–water partition coefficient (Wildman–Crippen LogP) is 15.0. The highest BCUT2D eigenvalue weighted by Crippen LogP contribution is 2.45. The van der Waals surface area contributed by atoms with Crippen LogP contribution in [0.15, 0.2) is 188 Å². The summed E-state index contributed by atoms with van der Waals surface area (Å²) in [5, 5.41) is 12.8. The zero-order valence-corrected chi connectivity index (χ0v) is 30.8. The van der Waals surface area contributed by atoms with Crippen molar-refractivity contribution in [1.29, 1.82) is 0 Å². The minimum Gasteiger partial charge on any atom is -0.309 e. The molecular weight excluding hydrogens is 663 g/mol. The molecule has 0 aliphatic heterocycles. The molecule has 258 valence electrons. The molecule has 0 atom stereocenters. The number of hydrogen-bond acceptors (Lipinski definition) is 0. The van der Waals surface area contributed by atoms with E-state index in [1.54, 1.807) is 0 Å². The Bertz CT molecular complexity index is 3270. The Balaban J connectivity index is 1.05. The van der Waals surface area contributed by atoms with Gasteiger partial charge in [0.05, 0.1) is 11.0 Å². The van der Waals surface area contributed by atoms with Crippen molar-refractivity contribution in [2.45, 2.75) is 13.8 Å². The lowest BCUT2D eigenvalue weighted by molar-refractivity contribution is 1.17. The number of aromatic nitrogens is 1. The van der Waals surface area contributed by atoms with Crippen molar-refractivity contribution in [3.63, 3.8) is 0 Å². The smallest absolute Gasteiger partial charge is 0.0547 e. The molecule has 10 aromatic carbocycles. The van der Waals surface area contributed by atoms with Gasteiger partial charge in [-0.15, -0.1) is 0 Å². The molecular formula is C54H37N. The van der Waals surface area contributed by atoms with E-state index in [2.05, 4.69) is 206 Å². The first kappa shape index (κ1) is 31.6. The van der Waals surface area contributed by atoms with E-state index in [1.165, 1.54) is 115 Å². The highest BCUT2D eigenvalue weighted by Gasteiger charge is 2.19. The van der Waals surface area contributed by atoms with Crippen LogP contribution in [0.1, 0.15) is 11.1 Å². The van der Waals surface area contributed by atoms with Crippen LogP contribution in [-0.2, 0) is 0 Å². The van der Waals surface area contributed by atoms with E-state index in [0.717, 1.165) is 0 Å². The minimum atomic E-state index is 1.18. The van der Waals surface area contributed by atoms with Crippen LogP contribution >= 0.6 is 0 Å². The Hall–Kier alpha value is -6.96. The molecule has 0 fully saturated rings. The molecule has 0 unspecified atom stereocenters. The Morgan fingerprint density at radius 3 is 1.53 bits per heavy atom. The Labute approximate surface area is 320 Å². The fourth-order valence-corrected chi connectivity index (χ4v) is 9.33. The highest BCUT2D eigenvalue weighted by atomic mass is 15.0. The van der Waals surface area contributed by atoms with Crippen molar-refractivity contribution in [3.05, 3.63) is 199 Å². The van der Waals surface area contributed by atoms with Gasteiger partial charge < -0.3 is 4.57 Å². The quantitative estimate of drug-likeness (QED) is 0.161. The molecule has 1 aromatic heterocycles. The molecule has 0 saturated carbocycles. The third kappa shape index (κ3) is 4.87. The maximum absolute atomic E-state index is 2.45. The molecule has 0 aliphatic carbocycles. The van der Waals surface area contributed by atoms with Crippen LogP contribution in [0.25, 0.3) is 104 Å². The number of nitrogens with zero attached hydrogens (tertiary/aromatic N) is 1. The van der Waals surface area contributed by atoms with Crippen LogP contribution in [-0.4, -0.2) is 4.57 Å². The van der Waals surface area contributed by atoms with Crippen molar-refractivity contribution in [3.8, 4) is 39.1 Å². The molecule has 0 bridgehead atoms. The third-order valence-corrected chi connectivity index (χ3v) is 11.8. The average Bonchev–Trinajstić information content (AvgIpc) is 3.57. The van der Waals surface area contributed by atoms with Gasteiger partial charge in [0.25, 0.3) is 0 Å². The molecule has 0 aliphatic rings. The lowest BCUT2D eigenvalue weighted by atomic mass is 9.85. The van der Waals surface area contributed by atoms with E-state index in [1.807, 2.05) is 0 Å². The Kier molecular flexibility index (Phi) is 7.06. The van der Waals surface area contributed by atoms with Crippen molar-refractivity contribution >= 4 is 64.9 Å². The molecule has 1 nitrogen and oxygen atoms in total. The Morgan fingerprint density at radius 2 is 0.873 bits per heavy atom. The van der Waals surface area contributed by atoms with Gasteiger partial charge in [-0.1, -0.05) is 152 Å². The maximum Gasteiger partial charge on any atom is 0.0547 e. The van der Waals surface area contributed by atoms with Crippen LogP contribution < -0.4 is 0 Å². The lowest BCUT2D eigenvalue weighted by Crippen LogP contribution is -1.96. The first-order chi connectivity index (χ1) is 27.1. The first-order valence-electron chi connectivity index (χ1n) is 19.2. The largest absolute Gasteiger partial charge is 0.309 e. The molecule has 11 aromatic rings. The molecule has 11 rings (SSSR count). The summed E-state index contributed by atoms with van der Waals surface area (Å²) in [6.07, 6.45) is 0. The van der Waals surface area contributed by atoms with Crippen LogP contribution in [0, 0.1) is 13.8 Å². The molecule has 0 amide bonds. The number of fused-ring (bicyclic) bond motifs is 8. The normalized spacial score (nSPS) is 11.8. The lowest BCUT2D eigenvalue weighted by Gasteiger charge is -2.19. The molecule has 0 radical (unpaired) electrons. The van der Waals surface area contributed by atoms with Crippen molar-refractivity contribution in [2.24, 2.45) is 0 Å². The Morgan fingerprint density at radius 1 is 0.327 bits per heavy atom. The SMILES string of the molecule is Cc1cc(-c2c3ccccc3c(-c3ccccc3)c3ccccc23)ccc1-c1ccc(-n2c3ccccc3c3c4cc5ccccc5cc4ccc32)cc1C. The monoisotopic (exact) mass is 699 g/mol. The van der Waals surface area contributed by atoms with E-state index < -0.39 is 0 Å². The van der Waals surface area contributed by atoms with Gasteiger partial charge in [-0.3, -0.25) is 0 Å². The number of para-hydroxylation sites is 1. The molecule has 0 saturated heterocycles. The van der Waals surface area contributed by atoms with E-state index >= 15 is 0 Å². The zero-order chi connectivity index (χ0) is 36.6. The van der Waals surface area contributed by atoms with Gasteiger partial charge >= 0.3 is 0 Å². The fourth-order valence-electron chi connectivity index (χ4n) is 9.33. The number of aryl methyl sites for hydroxylation is 2. The molecule has 1 heterocycles. The van der Waals surface area contributed by atoms with Gasteiger partial charge in [-0.25, -0.2) is 0 Å². The van der Waals surface area contributed by atoms with Gasteiger partial charge in [-0.05, 0) is 138 Å². The van der Waals surface area contributed by atoms with Crippen LogP contribution in [0.3, 0.4) is 0 Å². The average molecular weight is 700 g/mol. The highest BCUT2D eigenvalue weighted by molar-refractivity contribution is 6.23. The van der Waals surface area contributed by atoms with Gasteiger partial charge in [0.15, 0.2) is 0 Å².